The zero-order valence-corrected chi connectivity index (χ0v) is 13.8. The lowest BCUT2D eigenvalue weighted by atomic mass is 9.99. The topological polar surface area (TPSA) is 115 Å². The van der Waals surface area contributed by atoms with Crippen LogP contribution in [0.3, 0.4) is 0 Å². The van der Waals surface area contributed by atoms with E-state index < -0.39 is 29.6 Å². The standard InChI is InChI=1S/C18H18FN3O3/c1-9-3-4-11(7-10(9)2)12-5-6-13(14(19)8-12)18(25)22-15(16(20)23)17(21)24/h3-8,15H,1-2H3,(H2,20,23)(H2,21,24)(H,22,25). The van der Waals surface area contributed by atoms with E-state index in [4.69, 9.17) is 11.5 Å². The quantitative estimate of drug-likeness (QED) is 0.708. The zero-order valence-electron chi connectivity index (χ0n) is 13.8. The van der Waals surface area contributed by atoms with E-state index in [0.717, 1.165) is 16.7 Å². The van der Waals surface area contributed by atoms with E-state index in [-0.39, 0.29) is 5.56 Å². The summed E-state index contributed by atoms with van der Waals surface area (Å²) in [6.45, 7) is 3.92. The lowest BCUT2D eigenvalue weighted by molar-refractivity contribution is -0.128. The van der Waals surface area contributed by atoms with Crippen LogP contribution in [0.5, 0.6) is 0 Å². The van der Waals surface area contributed by atoms with E-state index in [0.29, 0.717) is 5.56 Å². The highest BCUT2D eigenvalue weighted by atomic mass is 19.1. The third-order valence-electron chi connectivity index (χ3n) is 3.90. The number of aryl methyl sites for hydroxylation is 2. The predicted octanol–water partition coefficient (Wildman–Crippen LogP) is 1.18. The van der Waals surface area contributed by atoms with Gasteiger partial charge in [-0.05, 0) is 48.2 Å². The molecule has 0 saturated carbocycles. The molecule has 5 N–H and O–H groups in total. The minimum atomic E-state index is -1.70. The number of hydrogen-bond donors (Lipinski definition) is 3. The molecule has 6 nitrogen and oxygen atoms in total. The average Bonchev–Trinajstić information content (AvgIpc) is 2.54. The molecule has 0 radical (unpaired) electrons. The molecular weight excluding hydrogens is 325 g/mol. The maximum Gasteiger partial charge on any atom is 0.255 e. The molecule has 0 heterocycles. The number of hydrogen-bond acceptors (Lipinski definition) is 3. The maximum absolute atomic E-state index is 14.3. The lowest BCUT2D eigenvalue weighted by Gasteiger charge is -2.13. The molecule has 2 rings (SSSR count). The van der Waals surface area contributed by atoms with Gasteiger partial charge in [0, 0.05) is 0 Å². The highest BCUT2D eigenvalue weighted by molar-refractivity contribution is 6.08. The summed E-state index contributed by atoms with van der Waals surface area (Å²) in [5.41, 5.74) is 13.2. The number of benzene rings is 2. The fraction of sp³-hybridized carbons (Fsp3) is 0.167. The van der Waals surface area contributed by atoms with Gasteiger partial charge in [-0.15, -0.1) is 0 Å². The number of nitrogens with two attached hydrogens (primary N) is 2. The number of nitrogens with one attached hydrogen (secondary N) is 1. The number of halogens is 1. The van der Waals surface area contributed by atoms with Crippen molar-refractivity contribution < 1.29 is 18.8 Å². The zero-order chi connectivity index (χ0) is 18.7. The lowest BCUT2D eigenvalue weighted by Crippen LogP contribution is -2.52. The van der Waals surface area contributed by atoms with Crippen LogP contribution in [0, 0.1) is 19.7 Å². The van der Waals surface area contributed by atoms with Gasteiger partial charge in [0.1, 0.15) is 5.82 Å². The van der Waals surface area contributed by atoms with E-state index in [1.165, 1.54) is 12.1 Å². The first-order chi connectivity index (χ1) is 11.7. The van der Waals surface area contributed by atoms with Crippen molar-refractivity contribution in [2.24, 2.45) is 11.5 Å². The molecule has 130 valence electrons. The van der Waals surface area contributed by atoms with E-state index in [2.05, 4.69) is 0 Å². The molecule has 25 heavy (non-hydrogen) atoms. The maximum atomic E-state index is 14.3. The molecule has 0 aromatic heterocycles. The SMILES string of the molecule is Cc1ccc(-c2ccc(C(=O)NC(C(N)=O)C(N)=O)c(F)c2)cc1C. The van der Waals surface area contributed by atoms with Crippen LogP contribution in [-0.4, -0.2) is 23.8 Å². The van der Waals surface area contributed by atoms with Crippen LogP contribution < -0.4 is 16.8 Å². The van der Waals surface area contributed by atoms with Crippen LogP contribution in [0.1, 0.15) is 21.5 Å². The number of amides is 3. The van der Waals surface area contributed by atoms with Gasteiger partial charge in [-0.2, -0.15) is 0 Å². The molecule has 0 aliphatic heterocycles. The van der Waals surface area contributed by atoms with Crippen LogP contribution in [0.2, 0.25) is 0 Å². The third-order valence-corrected chi connectivity index (χ3v) is 3.90. The molecule has 0 aliphatic rings. The van der Waals surface area contributed by atoms with Gasteiger partial charge in [0.2, 0.25) is 11.8 Å². The Balaban J connectivity index is 2.29. The average molecular weight is 343 g/mol. The van der Waals surface area contributed by atoms with Gasteiger partial charge in [0.05, 0.1) is 5.56 Å². The summed E-state index contributed by atoms with van der Waals surface area (Å²) in [5, 5.41) is 2.02. The Hall–Kier alpha value is -3.22. The van der Waals surface area contributed by atoms with E-state index >= 15 is 0 Å². The molecule has 0 unspecified atom stereocenters. The van der Waals surface area contributed by atoms with Gasteiger partial charge in [-0.1, -0.05) is 24.3 Å². The molecule has 0 fully saturated rings. The van der Waals surface area contributed by atoms with Crippen molar-refractivity contribution in [3.05, 3.63) is 58.9 Å². The third kappa shape index (κ3) is 4.00. The summed E-state index contributed by atoms with van der Waals surface area (Å²) in [6.07, 6.45) is 0. The molecule has 0 atom stereocenters. The van der Waals surface area contributed by atoms with Crippen molar-refractivity contribution >= 4 is 17.7 Å². The van der Waals surface area contributed by atoms with E-state index in [9.17, 15) is 18.8 Å². The molecule has 2 aromatic rings. The minimum absolute atomic E-state index is 0.319. The Morgan fingerprint density at radius 2 is 1.48 bits per heavy atom. The molecule has 3 amide bonds. The van der Waals surface area contributed by atoms with Crippen molar-refractivity contribution in [2.45, 2.75) is 19.9 Å². The van der Waals surface area contributed by atoms with Crippen LogP contribution in [0.15, 0.2) is 36.4 Å². The van der Waals surface area contributed by atoms with E-state index in [1.807, 2.05) is 37.4 Å². The first-order valence-corrected chi connectivity index (χ1v) is 7.47. The van der Waals surface area contributed by atoms with Crippen LogP contribution in [0.25, 0.3) is 11.1 Å². The van der Waals surface area contributed by atoms with Crippen LogP contribution in [0.4, 0.5) is 4.39 Å². The smallest absolute Gasteiger partial charge is 0.255 e. The van der Waals surface area contributed by atoms with E-state index in [1.54, 1.807) is 6.07 Å². The van der Waals surface area contributed by atoms with Crippen molar-refractivity contribution in [2.75, 3.05) is 0 Å². The summed E-state index contributed by atoms with van der Waals surface area (Å²) >= 11 is 0. The monoisotopic (exact) mass is 343 g/mol. The summed E-state index contributed by atoms with van der Waals surface area (Å²) in [5.74, 6) is -3.98. The Labute approximate surface area is 144 Å². The second-order valence-corrected chi connectivity index (χ2v) is 5.70. The molecular formula is C18H18FN3O3. The number of primary amides is 2. The Morgan fingerprint density at radius 3 is 2.00 bits per heavy atom. The predicted molar refractivity (Wildman–Crippen MR) is 91.0 cm³/mol. The molecule has 2 aromatic carbocycles. The fourth-order valence-electron chi connectivity index (χ4n) is 2.29. The van der Waals surface area contributed by atoms with Gasteiger partial charge >= 0.3 is 0 Å². The van der Waals surface area contributed by atoms with Crippen LogP contribution >= 0.6 is 0 Å². The van der Waals surface area contributed by atoms with Gasteiger partial charge in [0.15, 0.2) is 6.04 Å². The van der Waals surface area contributed by atoms with Gasteiger partial charge in [-0.3, -0.25) is 14.4 Å². The minimum Gasteiger partial charge on any atom is -0.367 e. The highest BCUT2D eigenvalue weighted by Crippen LogP contribution is 2.24. The Bertz CT molecular complexity index is 851. The van der Waals surface area contributed by atoms with Crippen LogP contribution in [-0.2, 0) is 9.59 Å². The highest BCUT2D eigenvalue weighted by Gasteiger charge is 2.25. The first kappa shape index (κ1) is 18.1. The normalized spacial score (nSPS) is 10.6. The largest absolute Gasteiger partial charge is 0.367 e. The molecule has 0 bridgehead atoms. The second-order valence-electron chi connectivity index (χ2n) is 5.70. The van der Waals surface area contributed by atoms with Gasteiger partial charge < -0.3 is 16.8 Å². The van der Waals surface area contributed by atoms with Crippen molar-refractivity contribution in [3.8, 4) is 11.1 Å². The van der Waals surface area contributed by atoms with Crippen molar-refractivity contribution in [3.63, 3.8) is 0 Å². The summed E-state index contributed by atoms with van der Waals surface area (Å²) in [4.78, 5) is 34.3. The first-order valence-electron chi connectivity index (χ1n) is 7.47. The number of rotatable bonds is 5. The molecule has 0 saturated heterocycles. The number of carbonyl (C=O) groups is 3. The Morgan fingerprint density at radius 1 is 0.920 bits per heavy atom. The molecule has 7 heteroatoms. The van der Waals surface area contributed by atoms with Gasteiger partial charge in [-0.25, -0.2) is 4.39 Å². The summed E-state index contributed by atoms with van der Waals surface area (Å²) in [6, 6.07) is 8.05. The molecule has 0 spiro atoms. The van der Waals surface area contributed by atoms with Gasteiger partial charge in [0.25, 0.3) is 5.91 Å². The summed E-state index contributed by atoms with van der Waals surface area (Å²) < 4.78 is 14.3. The molecule has 0 aliphatic carbocycles. The van der Waals surface area contributed by atoms with Crippen molar-refractivity contribution in [1.29, 1.82) is 0 Å². The Kier molecular flexibility index (Phi) is 5.17. The fourth-order valence-corrected chi connectivity index (χ4v) is 2.29. The number of carbonyl (C=O) groups excluding carboxylic acids is 3. The van der Waals surface area contributed by atoms with Crippen molar-refractivity contribution in [1.82, 2.24) is 5.32 Å². The summed E-state index contributed by atoms with van der Waals surface area (Å²) in [7, 11) is 0. The second kappa shape index (κ2) is 7.12.